The van der Waals surface area contributed by atoms with E-state index >= 15 is 0 Å². The van der Waals surface area contributed by atoms with Gasteiger partial charge in [0.1, 0.15) is 17.5 Å². The van der Waals surface area contributed by atoms with Crippen LogP contribution in [0.2, 0.25) is 0 Å². The molecule has 8 heteroatoms. The van der Waals surface area contributed by atoms with Crippen LogP contribution in [-0.4, -0.2) is 62.3 Å². The van der Waals surface area contributed by atoms with E-state index in [0.29, 0.717) is 19.0 Å². The maximum Gasteiger partial charge on any atom is 0.407 e. The lowest BCUT2D eigenvalue weighted by Gasteiger charge is -2.47. The van der Waals surface area contributed by atoms with Gasteiger partial charge in [-0.05, 0) is 18.9 Å². The van der Waals surface area contributed by atoms with E-state index in [0.717, 1.165) is 36.0 Å². The predicted octanol–water partition coefficient (Wildman–Crippen LogP) is 1.51. The second kappa shape index (κ2) is 4.93. The summed E-state index contributed by atoms with van der Waals surface area (Å²) in [4.78, 5) is 28.8. The van der Waals surface area contributed by atoms with Crippen molar-refractivity contribution >= 4 is 22.8 Å². The highest BCUT2D eigenvalue weighted by atomic mass is 16.5. The summed E-state index contributed by atoms with van der Waals surface area (Å²) in [7, 11) is 0. The molecule has 0 saturated carbocycles. The van der Waals surface area contributed by atoms with Crippen LogP contribution in [0.1, 0.15) is 19.3 Å². The number of rotatable bonds is 0. The van der Waals surface area contributed by atoms with Gasteiger partial charge in [0, 0.05) is 19.2 Å². The highest BCUT2D eigenvalue weighted by Gasteiger charge is 2.49. The van der Waals surface area contributed by atoms with Crippen molar-refractivity contribution in [1.82, 2.24) is 19.9 Å². The van der Waals surface area contributed by atoms with Crippen molar-refractivity contribution in [3.05, 3.63) is 18.6 Å². The summed E-state index contributed by atoms with van der Waals surface area (Å²) in [6.45, 7) is 1.17. The van der Waals surface area contributed by atoms with Crippen LogP contribution in [0.5, 0.6) is 5.88 Å². The van der Waals surface area contributed by atoms with Gasteiger partial charge < -0.3 is 14.7 Å². The molecular weight excluding hydrogens is 310 g/mol. The number of piperazine rings is 1. The Kier molecular flexibility index (Phi) is 2.83. The number of amides is 1. The molecule has 1 amide bonds. The molecule has 0 aliphatic carbocycles. The van der Waals surface area contributed by atoms with Gasteiger partial charge in [0.25, 0.3) is 0 Å². The molecule has 8 nitrogen and oxygen atoms in total. The minimum Gasteiger partial charge on any atom is -0.477 e. The minimum atomic E-state index is -0.819. The quantitative estimate of drug-likeness (QED) is 0.784. The fourth-order valence-electron chi connectivity index (χ4n) is 4.49. The molecule has 0 radical (unpaired) electrons. The molecule has 124 valence electrons. The Labute approximate surface area is 138 Å². The van der Waals surface area contributed by atoms with E-state index in [-0.39, 0.29) is 18.1 Å². The summed E-state index contributed by atoms with van der Waals surface area (Å²) in [5.74, 6) is 1.38. The number of hydrogen-bond donors (Lipinski definition) is 1. The molecule has 0 spiro atoms. The summed E-state index contributed by atoms with van der Waals surface area (Å²) < 4.78 is 5.87. The Morgan fingerprint density at radius 3 is 3.00 bits per heavy atom. The van der Waals surface area contributed by atoms with Crippen LogP contribution in [0.25, 0.3) is 10.9 Å². The molecule has 2 bridgehead atoms. The number of pyridine rings is 1. The first kappa shape index (κ1) is 13.8. The number of fused-ring (bicyclic) bond motifs is 5. The Morgan fingerprint density at radius 2 is 2.12 bits per heavy atom. The fourth-order valence-corrected chi connectivity index (χ4v) is 4.49. The van der Waals surface area contributed by atoms with E-state index in [1.165, 1.54) is 0 Å². The molecule has 0 aromatic carbocycles. The molecule has 3 aliphatic heterocycles. The zero-order valence-corrected chi connectivity index (χ0v) is 13.0. The van der Waals surface area contributed by atoms with Crippen molar-refractivity contribution in [2.75, 3.05) is 18.1 Å². The molecule has 3 unspecified atom stereocenters. The lowest BCUT2D eigenvalue weighted by Crippen LogP contribution is -2.61. The van der Waals surface area contributed by atoms with Crippen LogP contribution in [0, 0.1) is 0 Å². The average Bonchev–Trinajstić information content (AvgIpc) is 2.91. The van der Waals surface area contributed by atoms with E-state index in [4.69, 9.17) is 4.74 Å². The lowest BCUT2D eigenvalue weighted by molar-refractivity contribution is 0.0956. The molecule has 5 heterocycles. The zero-order valence-electron chi connectivity index (χ0n) is 13.0. The Bertz CT molecular complexity index is 823. The highest BCUT2D eigenvalue weighted by Crippen LogP contribution is 2.41. The Morgan fingerprint density at radius 1 is 1.21 bits per heavy atom. The monoisotopic (exact) mass is 327 g/mol. The first-order chi connectivity index (χ1) is 11.7. The molecule has 5 rings (SSSR count). The second-order valence-electron chi connectivity index (χ2n) is 6.55. The van der Waals surface area contributed by atoms with Crippen molar-refractivity contribution in [1.29, 1.82) is 0 Å². The third-order valence-electron chi connectivity index (χ3n) is 5.44. The van der Waals surface area contributed by atoms with E-state index in [9.17, 15) is 9.90 Å². The highest BCUT2D eigenvalue weighted by molar-refractivity contribution is 5.94. The third kappa shape index (κ3) is 1.79. The first-order valence-electron chi connectivity index (χ1n) is 8.24. The smallest absolute Gasteiger partial charge is 0.407 e. The summed E-state index contributed by atoms with van der Waals surface area (Å²) in [5, 5.41) is 10.4. The Hall–Kier alpha value is -2.64. The van der Waals surface area contributed by atoms with E-state index in [1.807, 2.05) is 6.07 Å². The molecule has 2 aromatic rings. The number of carboxylic acid groups (broad SMARTS) is 1. The van der Waals surface area contributed by atoms with Gasteiger partial charge in [0.2, 0.25) is 5.88 Å². The Balaban J connectivity index is 1.67. The third-order valence-corrected chi connectivity index (χ3v) is 5.44. The number of ether oxygens (including phenoxy) is 1. The van der Waals surface area contributed by atoms with Crippen LogP contribution in [0.4, 0.5) is 10.6 Å². The maximum absolute atomic E-state index is 11.7. The van der Waals surface area contributed by atoms with Crippen molar-refractivity contribution in [3.8, 4) is 5.88 Å². The normalized spacial score (nSPS) is 28.1. The van der Waals surface area contributed by atoms with Crippen LogP contribution < -0.4 is 9.64 Å². The van der Waals surface area contributed by atoms with Gasteiger partial charge in [-0.3, -0.25) is 4.90 Å². The molecule has 3 atom stereocenters. The minimum absolute atomic E-state index is 0.00640. The number of anilines is 1. The van der Waals surface area contributed by atoms with Crippen LogP contribution in [0.3, 0.4) is 0 Å². The summed E-state index contributed by atoms with van der Waals surface area (Å²) >= 11 is 0. The predicted molar refractivity (Wildman–Crippen MR) is 85.3 cm³/mol. The van der Waals surface area contributed by atoms with Gasteiger partial charge >= 0.3 is 6.09 Å². The number of nitrogens with zero attached hydrogens (tertiary/aromatic N) is 5. The summed E-state index contributed by atoms with van der Waals surface area (Å²) in [6, 6.07) is 1.94. The fraction of sp³-hybridized carbons (Fsp3) is 0.500. The van der Waals surface area contributed by atoms with Crippen molar-refractivity contribution in [3.63, 3.8) is 0 Å². The zero-order chi connectivity index (χ0) is 16.3. The van der Waals surface area contributed by atoms with Crippen LogP contribution >= 0.6 is 0 Å². The number of carbonyl (C=O) groups is 1. The van der Waals surface area contributed by atoms with Gasteiger partial charge in [-0.15, -0.1) is 0 Å². The lowest BCUT2D eigenvalue weighted by atomic mass is 9.99. The van der Waals surface area contributed by atoms with Crippen molar-refractivity contribution < 1.29 is 14.6 Å². The van der Waals surface area contributed by atoms with Crippen LogP contribution in [0.15, 0.2) is 18.6 Å². The molecule has 24 heavy (non-hydrogen) atoms. The standard InChI is InChI=1S/C16H17N5O3/c22-16(23)21-9-1-2-12(21)11-4-6-24-15-13-10(3-5-17-15)18-8-19-14(13)20(11)7-9/h3,5,8-9,11-12H,1-2,4,6-7H2,(H,22,23). The molecule has 2 aromatic heterocycles. The molecule has 2 fully saturated rings. The van der Waals surface area contributed by atoms with Gasteiger partial charge in [0.15, 0.2) is 0 Å². The largest absolute Gasteiger partial charge is 0.477 e. The van der Waals surface area contributed by atoms with Crippen molar-refractivity contribution in [2.24, 2.45) is 0 Å². The number of hydrogen-bond acceptors (Lipinski definition) is 6. The topological polar surface area (TPSA) is 91.7 Å². The second-order valence-corrected chi connectivity index (χ2v) is 6.55. The molecule has 1 N–H and O–H groups in total. The summed E-state index contributed by atoms with van der Waals surface area (Å²) in [6.07, 6.45) is 4.99. The van der Waals surface area contributed by atoms with E-state index in [2.05, 4.69) is 19.9 Å². The van der Waals surface area contributed by atoms with Crippen molar-refractivity contribution in [2.45, 2.75) is 37.4 Å². The maximum atomic E-state index is 11.7. The first-order valence-corrected chi connectivity index (χ1v) is 8.24. The molecular formula is C16H17N5O3. The molecule has 2 saturated heterocycles. The van der Waals surface area contributed by atoms with Gasteiger partial charge in [-0.1, -0.05) is 0 Å². The number of aromatic nitrogens is 3. The van der Waals surface area contributed by atoms with E-state index in [1.54, 1.807) is 17.4 Å². The summed E-state index contributed by atoms with van der Waals surface area (Å²) in [5.41, 5.74) is 0.804. The van der Waals surface area contributed by atoms with Gasteiger partial charge in [-0.2, -0.15) is 0 Å². The van der Waals surface area contributed by atoms with E-state index < -0.39 is 6.09 Å². The average molecular weight is 327 g/mol. The molecule has 3 aliphatic rings. The van der Waals surface area contributed by atoms with Gasteiger partial charge in [0.05, 0.1) is 30.2 Å². The van der Waals surface area contributed by atoms with Gasteiger partial charge in [-0.25, -0.2) is 19.7 Å². The SMILES string of the molecule is O=C(O)N1C2CCC1C1CCOc3nccc4ncnc(c34)N1C2. The van der Waals surface area contributed by atoms with Crippen LogP contribution in [-0.2, 0) is 0 Å².